The van der Waals surface area contributed by atoms with E-state index in [9.17, 15) is 14.4 Å². The first-order valence-electron chi connectivity index (χ1n) is 17.5. The molecule has 0 spiro atoms. The normalized spacial score (nSPS) is 11.4. The third kappa shape index (κ3) is 14.2. The number of unbranched alkanes of at least 4 members (excludes halogenated alkanes) is 11. The zero-order chi connectivity index (χ0) is 34.4. The van der Waals surface area contributed by atoms with Crippen molar-refractivity contribution in [1.82, 2.24) is 0 Å². The minimum atomic E-state index is -0.983. The van der Waals surface area contributed by atoms with Crippen molar-refractivity contribution in [3.63, 3.8) is 0 Å². The van der Waals surface area contributed by atoms with Crippen LogP contribution in [0.3, 0.4) is 0 Å². The molecule has 0 bridgehead atoms. The highest BCUT2D eigenvalue weighted by Crippen LogP contribution is 2.24. The van der Waals surface area contributed by atoms with Crippen molar-refractivity contribution in [2.24, 2.45) is 0 Å². The van der Waals surface area contributed by atoms with Gasteiger partial charge < -0.3 is 18.9 Å². The molecule has 0 radical (unpaired) electrons. The molecule has 0 aliphatic carbocycles. The third-order valence-electron chi connectivity index (χ3n) is 8.04. The number of carbonyl (C=O) groups excluding carboxylic acids is 3. The molecule has 48 heavy (non-hydrogen) atoms. The van der Waals surface area contributed by atoms with Crippen LogP contribution < -0.4 is 9.47 Å². The molecule has 0 N–H and O–H groups in total. The molecule has 258 valence electrons. The van der Waals surface area contributed by atoms with Crippen LogP contribution in [0.2, 0.25) is 0 Å². The summed E-state index contributed by atoms with van der Waals surface area (Å²) in [7, 11) is 0. The minimum Gasteiger partial charge on any atom is -0.494 e. The van der Waals surface area contributed by atoms with E-state index in [2.05, 4.69) is 6.58 Å². The fourth-order valence-electron chi connectivity index (χ4n) is 5.07. The number of carbonyl (C=O) groups is 3. The lowest BCUT2D eigenvalue weighted by Gasteiger charge is -2.13. The van der Waals surface area contributed by atoms with E-state index in [4.69, 9.17) is 18.9 Å². The number of hydrogen-bond acceptors (Lipinski definition) is 7. The van der Waals surface area contributed by atoms with Crippen LogP contribution in [-0.4, -0.2) is 37.2 Å². The van der Waals surface area contributed by atoms with E-state index in [-0.39, 0.29) is 0 Å². The first-order valence-corrected chi connectivity index (χ1v) is 17.5. The predicted octanol–water partition coefficient (Wildman–Crippen LogP) is 10.3. The zero-order valence-corrected chi connectivity index (χ0v) is 28.8. The Morgan fingerprint density at radius 2 is 1.12 bits per heavy atom. The summed E-state index contributed by atoms with van der Waals surface area (Å²) in [6, 6.07) is 21.0. The van der Waals surface area contributed by atoms with E-state index in [1.165, 1.54) is 64.7 Å². The second-order valence-electron chi connectivity index (χ2n) is 12.0. The van der Waals surface area contributed by atoms with Crippen LogP contribution in [-0.2, 0) is 14.3 Å². The summed E-state index contributed by atoms with van der Waals surface area (Å²) < 4.78 is 21.8. The van der Waals surface area contributed by atoms with Crippen molar-refractivity contribution in [2.45, 2.75) is 103 Å². The molecule has 3 rings (SSSR count). The maximum absolute atomic E-state index is 12.7. The van der Waals surface area contributed by atoms with Crippen LogP contribution in [0.25, 0.3) is 11.1 Å². The molecule has 0 fully saturated rings. The second-order valence-corrected chi connectivity index (χ2v) is 12.0. The molecule has 0 saturated carbocycles. The molecule has 0 amide bonds. The quantitative estimate of drug-likeness (QED) is 0.0434. The van der Waals surface area contributed by atoms with Gasteiger partial charge in [-0.25, -0.2) is 14.4 Å². The van der Waals surface area contributed by atoms with Crippen LogP contribution >= 0.6 is 0 Å². The van der Waals surface area contributed by atoms with Crippen LogP contribution in [0.4, 0.5) is 0 Å². The van der Waals surface area contributed by atoms with Crippen LogP contribution in [0.1, 0.15) is 118 Å². The summed E-state index contributed by atoms with van der Waals surface area (Å²) in [5, 5.41) is 0. The number of ether oxygens (including phenoxy) is 4. The Hall–Kier alpha value is -4.39. The smallest absolute Gasteiger partial charge is 0.347 e. The molecule has 7 heteroatoms. The van der Waals surface area contributed by atoms with Crippen LogP contribution in [0, 0.1) is 0 Å². The molecular formula is C41H52O7. The molecule has 0 heterocycles. The van der Waals surface area contributed by atoms with Crippen molar-refractivity contribution in [3.8, 4) is 22.6 Å². The van der Waals surface area contributed by atoms with Gasteiger partial charge in [-0.05, 0) is 92.3 Å². The van der Waals surface area contributed by atoms with Crippen molar-refractivity contribution >= 4 is 17.9 Å². The molecule has 3 aromatic rings. The largest absolute Gasteiger partial charge is 0.494 e. The summed E-state index contributed by atoms with van der Waals surface area (Å²) >= 11 is 0. The molecule has 1 unspecified atom stereocenters. The van der Waals surface area contributed by atoms with Gasteiger partial charge in [0.1, 0.15) is 11.5 Å². The van der Waals surface area contributed by atoms with Gasteiger partial charge in [0, 0.05) is 0 Å². The van der Waals surface area contributed by atoms with Crippen LogP contribution in [0.15, 0.2) is 85.5 Å². The molecule has 0 aliphatic rings. The fraction of sp³-hybridized carbons (Fsp3) is 0.439. The summed E-state index contributed by atoms with van der Waals surface area (Å²) in [5.41, 5.74) is 2.53. The minimum absolute atomic E-state index is 0.310. The molecular weight excluding hydrogens is 604 g/mol. The first-order chi connectivity index (χ1) is 23.4. The summed E-state index contributed by atoms with van der Waals surface area (Å²) in [6.45, 7) is 8.25. The van der Waals surface area contributed by atoms with Crippen molar-refractivity contribution < 1.29 is 33.3 Å². The summed E-state index contributed by atoms with van der Waals surface area (Å²) in [4.78, 5) is 37.2. The maximum Gasteiger partial charge on any atom is 0.347 e. The molecule has 3 aromatic carbocycles. The Balaban J connectivity index is 1.34. The molecule has 0 aromatic heterocycles. The summed E-state index contributed by atoms with van der Waals surface area (Å²) in [6.07, 6.45) is 16.5. The average molecular weight is 657 g/mol. The Morgan fingerprint density at radius 3 is 1.71 bits per heavy atom. The summed E-state index contributed by atoms with van der Waals surface area (Å²) in [5.74, 6) is -0.434. The SMILES string of the molecule is C=CCCCCCCCCCCCCOc1ccc(C(=O)Oc2ccc(-c3ccc(C(=O)OC(C)C(=O)OCCCC)cc3)cc2)cc1. The Morgan fingerprint density at radius 1 is 0.625 bits per heavy atom. The lowest BCUT2D eigenvalue weighted by atomic mass is 10.0. The van der Waals surface area contributed by atoms with Gasteiger partial charge in [0.05, 0.1) is 24.3 Å². The molecule has 7 nitrogen and oxygen atoms in total. The van der Waals surface area contributed by atoms with Crippen molar-refractivity contribution in [2.75, 3.05) is 13.2 Å². The number of benzene rings is 3. The van der Waals surface area contributed by atoms with E-state index in [1.54, 1.807) is 60.7 Å². The van der Waals surface area contributed by atoms with E-state index in [0.29, 0.717) is 30.1 Å². The highest BCUT2D eigenvalue weighted by molar-refractivity contribution is 5.92. The van der Waals surface area contributed by atoms with Gasteiger partial charge in [0.15, 0.2) is 6.10 Å². The topological polar surface area (TPSA) is 88.1 Å². The number of rotatable bonds is 23. The van der Waals surface area contributed by atoms with Gasteiger partial charge in [0.2, 0.25) is 0 Å². The van der Waals surface area contributed by atoms with Gasteiger partial charge in [0.25, 0.3) is 0 Å². The van der Waals surface area contributed by atoms with Crippen molar-refractivity contribution in [3.05, 3.63) is 96.6 Å². The zero-order valence-electron chi connectivity index (χ0n) is 28.8. The van der Waals surface area contributed by atoms with E-state index in [1.807, 2.05) is 25.1 Å². The van der Waals surface area contributed by atoms with E-state index >= 15 is 0 Å². The van der Waals surface area contributed by atoms with Gasteiger partial charge in [-0.15, -0.1) is 6.58 Å². The van der Waals surface area contributed by atoms with Gasteiger partial charge >= 0.3 is 17.9 Å². The lowest BCUT2D eigenvalue weighted by Crippen LogP contribution is -2.26. The Bertz CT molecular complexity index is 1380. The Labute approximate surface area is 286 Å². The molecule has 0 saturated heterocycles. The first kappa shape index (κ1) is 38.1. The lowest BCUT2D eigenvalue weighted by molar-refractivity contribution is -0.153. The molecule has 0 aliphatic heterocycles. The number of allylic oxidation sites excluding steroid dienone is 1. The van der Waals surface area contributed by atoms with E-state index < -0.39 is 24.0 Å². The standard InChI is InChI=1S/C41H52O7/c1-4-6-8-9-10-11-12-13-14-15-16-17-31-45-37-26-24-36(25-27-37)41(44)48-38-28-22-34(23-29-38)33-18-20-35(21-19-33)40(43)47-32(3)39(42)46-30-7-5-2/h4,18-29,32H,1,5-17,30-31H2,2-3H3. The average Bonchev–Trinajstić information content (AvgIpc) is 3.11. The van der Waals surface area contributed by atoms with Gasteiger partial charge in [-0.2, -0.15) is 0 Å². The van der Waals surface area contributed by atoms with Crippen molar-refractivity contribution in [1.29, 1.82) is 0 Å². The van der Waals surface area contributed by atoms with Gasteiger partial charge in [-0.3, -0.25) is 0 Å². The number of esters is 3. The monoisotopic (exact) mass is 656 g/mol. The second kappa shape index (κ2) is 22.2. The van der Waals surface area contributed by atoms with Crippen LogP contribution in [0.5, 0.6) is 11.5 Å². The highest BCUT2D eigenvalue weighted by Gasteiger charge is 2.20. The van der Waals surface area contributed by atoms with E-state index in [0.717, 1.165) is 42.6 Å². The molecule has 1 atom stereocenters. The third-order valence-corrected chi connectivity index (χ3v) is 8.04. The number of hydrogen-bond donors (Lipinski definition) is 0. The highest BCUT2D eigenvalue weighted by atomic mass is 16.6. The predicted molar refractivity (Wildman–Crippen MR) is 191 cm³/mol. The maximum atomic E-state index is 12.7. The van der Waals surface area contributed by atoms with Gasteiger partial charge in [-0.1, -0.05) is 95.1 Å². The Kier molecular flexibility index (Phi) is 17.6. The fourth-order valence-corrected chi connectivity index (χ4v) is 5.07.